The Kier molecular flexibility index (Phi) is 4.63. The van der Waals surface area contributed by atoms with Crippen molar-refractivity contribution in [3.63, 3.8) is 0 Å². The highest BCUT2D eigenvalue weighted by Gasteiger charge is 2.16. The largest absolute Gasteiger partial charge is 0.383 e. The van der Waals surface area contributed by atoms with Crippen LogP contribution >= 0.6 is 0 Å². The molecule has 0 aliphatic heterocycles. The van der Waals surface area contributed by atoms with Crippen LogP contribution in [0.3, 0.4) is 0 Å². The average molecular weight is 206 g/mol. The van der Waals surface area contributed by atoms with E-state index in [4.69, 9.17) is 5.73 Å². The Morgan fingerprint density at radius 3 is 2.53 bits per heavy atom. The van der Waals surface area contributed by atoms with Crippen LogP contribution in [-0.2, 0) is 0 Å². The van der Waals surface area contributed by atoms with Crippen LogP contribution < -0.4 is 11.1 Å². The highest BCUT2D eigenvalue weighted by molar-refractivity contribution is 5.42. The molecule has 0 saturated carbocycles. The van der Waals surface area contributed by atoms with E-state index in [-0.39, 0.29) is 5.54 Å². The molecule has 0 aliphatic rings. The lowest BCUT2D eigenvalue weighted by Crippen LogP contribution is -2.43. The van der Waals surface area contributed by atoms with Gasteiger partial charge in [-0.15, -0.1) is 0 Å². The molecule has 0 radical (unpaired) electrons. The van der Waals surface area contributed by atoms with Crippen LogP contribution in [0.15, 0.2) is 30.3 Å². The summed E-state index contributed by atoms with van der Waals surface area (Å²) < 4.78 is 0. The fourth-order valence-electron chi connectivity index (χ4n) is 1.53. The first-order valence-corrected chi connectivity index (χ1v) is 5.72. The molecule has 0 aliphatic carbocycles. The molecule has 1 rings (SSSR count). The van der Waals surface area contributed by atoms with Crippen LogP contribution in [-0.4, -0.2) is 12.1 Å². The Morgan fingerprint density at radius 1 is 1.27 bits per heavy atom. The molecular formula is C13H22N2. The Labute approximate surface area is 92.9 Å². The Morgan fingerprint density at radius 2 is 1.93 bits per heavy atom. The predicted molar refractivity (Wildman–Crippen MR) is 67.0 cm³/mol. The zero-order valence-electron chi connectivity index (χ0n) is 9.79. The molecular weight excluding hydrogens is 184 g/mol. The van der Waals surface area contributed by atoms with Crippen LogP contribution in [0.4, 0.5) is 5.69 Å². The van der Waals surface area contributed by atoms with E-state index >= 15 is 0 Å². The van der Waals surface area contributed by atoms with E-state index in [1.165, 1.54) is 12.8 Å². The number of anilines is 1. The first-order valence-electron chi connectivity index (χ1n) is 5.72. The zero-order chi connectivity index (χ0) is 11.1. The van der Waals surface area contributed by atoms with E-state index in [2.05, 4.69) is 31.3 Å². The van der Waals surface area contributed by atoms with Crippen molar-refractivity contribution in [2.45, 2.75) is 38.6 Å². The molecule has 2 nitrogen and oxygen atoms in total. The fourth-order valence-corrected chi connectivity index (χ4v) is 1.53. The second-order valence-corrected chi connectivity index (χ2v) is 4.48. The highest BCUT2D eigenvalue weighted by atomic mass is 14.9. The van der Waals surface area contributed by atoms with Gasteiger partial charge < -0.3 is 11.1 Å². The van der Waals surface area contributed by atoms with Crippen molar-refractivity contribution in [1.29, 1.82) is 0 Å². The predicted octanol–water partition coefficient (Wildman–Crippen LogP) is 3.01. The third-order valence-corrected chi connectivity index (χ3v) is 2.57. The zero-order valence-corrected chi connectivity index (χ0v) is 9.79. The average Bonchev–Trinajstić information content (AvgIpc) is 2.25. The molecule has 1 aromatic rings. The summed E-state index contributed by atoms with van der Waals surface area (Å²) in [5.41, 5.74) is 7.23. The highest BCUT2D eigenvalue weighted by Crippen LogP contribution is 2.12. The number of para-hydroxylation sites is 1. The molecule has 2 heteroatoms. The van der Waals surface area contributed by atoms with Gasteiger partial charge in [-0.1, -0.05) is 38.0 Å². The van der Waals surface area contributed by atoms with Gasteiger partial charge in [-0.2, -0.15) is 0 Å². The van der Waals surface area contributed by atoms with Crippen molar-refractivity contribution in [2.75, 3.05) is 11.9 Å². The van der Waals surface area contributed by atoms with Crippen molar-refractivity contribution in [2.24, 2.45) is 5.73 Å². The summed E-state index contributed by atoms with van der Waals surface area (Å²) in [6.45, 7) is 5.14. The van der Waals surface area contributed by atoms with Gasteiger partial charge in [-0.05, 0) is 25.5 Å². The van der Waals surface area contributed by atoms with Crippen LogP contribution in [0.5, 0.6) is 0 Å². The minimum atomic E-state index is -0.105. The van der Waals surface area contributed by atoms with Crippen LogP contribution in [0.2, 0.25) is 0 Å². The van der Waals surface area contributed by atoms with Gasteiger partial charge >= 0.3 is 0 Å². The van der Waals surface area contributed by atoms with Crippen molar-refractivity contribution in [3.05, 3.63) is 30.3 Å². The topological polar surface area (TPSA) is 38.0 Å². The van der Waals surface area contributed by atoms with Crippen LogP contribution in [0.1, 0.15) is 33.1 Å². The molecule has 0 amide bonds. The molecule has 0 aromatic heterocycles. The summed E-state index contributed by atoms with van der Waals surface area (Å²) >= 11 is 0. The number of unbranched alkanes of at least 4 members (excludes halogenated alkanes) is 1. The molecule has 0 saturated heterocycles. The monoisotopic (exact) mass is 206 g/mol. The smallest absolute Gasteiger partial charge is 0.0340 e. The molecule has 1 aromatic carbocycles. The van der Waals surface area contributed by atoms with E-state index in [1.54, 1.807) is 0 Å². The van der Waals surface area contributed by atoms with Gasteiger partial charge in [-0.25, -0.2) is 0 Å². The van der Waals surface area contributed by atoms with E-state index < -0.39 is 0 Å². The Balaban J connectivity index is 2.35. The maximum atomic E-state index is 6.19. The quantitative estimate of drug-likeness (QED) is 0.751. The van der Waals surface area contributed by atoms with Gasteiger partial charge in [-0.3, -0.25) is 0 Å². The van der Waals surface area contributed by atoms with Gasteiger partial charge in [0.25, 0.3) is 0 Å². The minimum absolute atomic E-state index is 0.105. The molecule has 84 valence electrons. The molecule has 0 fully saturated rings. The maximum Gasteiger partial charge on any atom is 0.0340 e. The minimum Gasteiger partial charge on any atom is -0.383 e. The standard InChI is InChI=1S/C13H22N2/c1-3-4-10-13(2,14)11-15-12-8-6-5-7-9-12/h5-9,15H,3-4,10-11,14H2,1-2H3. The van der Waals surface area contributed by atoms with Crippen LogP contribution in [0, 0.1) is 0 Å². The summed E-state index contributed by atoms with van der Waals surface area (Å²) in [7, 11) is 0. The second kappa shape index (κ2) is 5.76. The number of nitrogens with two attached hydrogens (primary N) is 1. The lowest BCUT2D eigenvalue weighted by molar-refractivity contribution is 0.437. The Bertz CT molecular complexity index is 267. The lowest BCUT2D eigenvalue weighted by atomic mass is 9.96. The summed E-state index contributed by atoms with van der Waals surface area (Å²) in [5.74, 6) is 0. The van der Waals surface area contributed by atoms with Gasteiger partial charge in [0.05, 0.1) is 0 Å². The van der Waals surface area contributed by atoms with Crippen molar-refractivity contribution in [3.8, 4) is 0 Å². The lowest BCUT2D eigenvalue weighted by Gasteiger charge is -2.25. The van der Waals surface area contributed by atoms with E-state index in [9.17, 15) is 0 Å². The number of hydrogen-bond acceptors (Lipinski definition) is 2. The summed E-state index contributed by atoms with van der Waals surface area (Å²) in [4.78, 5) is 0. The number of nitrogens with one attached hydrogen (secondary N) is 1. The first kappa shape index (κ1) is 12.1. The number of hydrogen-bond donors (Lipinski definition) is 2. The first-order chi connectivity index (χ1) is 7.14. The van der Waals surface area contributed by atoms with Gasteiger partial charge in [0.1, 0.15) is 0 Å². The number of rotatable bonds is 6. The van der Waals surface area contributed by atoms with Gasteiger partial charge in [0.15, 0.2) is 0 Å². The SMILES string of the molecule is CCCCC(C)(N)CNc1ccccc1. The van der Waals surface area contributed by atoms with Gasteiger partial charge in [0.2, 0.25) is 0 Å². The summed E-state index contributed by atoms with van der Waals surface area (Å²) in [6.07, 6.45) is 3.48. The Hall–Kier alpha value is -1.02. The van der Waals surface area contributed by atoms with Crippen molar-refractivity contribution in [1.82, 2.24) is 0 Å². The maximum absolute atomic E-state index is 6.19. The molecule has 1 atom stereocenters. The molecule has 0 heterocycles. The summed E-state index contributed by atoms with van der Waals surface area (Å²) in [5, 5.41) is 3.37. The van der Waals surface area contributed by atoms with E-state index in [1.807, 2.05) is 18.2 Å². The second-order valence-electron chi connectivity index (χ2n) is 4.48. The molecule has 1 unspecified atom stereocenters. The fraction of sp³-hybridized carbons (Fsp3) is 0.538. The van der Waals surface area contributed by atoms with E-state index in [0.29, 0.717) is 0 Å². The molecule has 0 bridgehead atoms. The van der Waals surface area contributed by atoms with Crippen LogP contribution in [0.25, 0.3) is 0 Å². The third-order valence-electron chi connectivity index (χ3n) is 2.57. The number of benzene rings is 1. The normalized spacial score (nSPS) is 14.6. The van der Waals surface area contributed by atoms with Gasteiger partial charge in [0, 0.05) is 17.8 Å². The summed E-state index contributed by atoms with van der Waals surface area (Å²) in [6, 6.07) is 10.2. The molecule has 15 heavy (non-hydrogen) atoms. The molecule has 0 spiro atoms. The van der Waals surface area contributed by atoms with E-state index in [0.717, 1.165) is 18.7 Å². The third kappa shape index (κ3) is 4.84. The van der Waals surface area contributed by atoms with Crippen molar-refractivity contribution >= 4 is 5.69 Å². The van der Waals surface area contributed by atoms with Crippen molar-refractivity contribution < 1.29 is 0 Å². The molecule has 3 N–H and O–H groups in total.